The fourth-order valence-electron chi connectivity index (χ4n) is 2.56. The molecule has 1 aromatic carbocycles. The number of anilines is 1. The van der Waals surface area contributed by atoms with Gasteiger partial charge in [0.15, 0.2) is 0 Å². The summed E-state index contributed by atoms with van der Waals surface area (Å²) < 4.78 is 41.9. The van der Waals surface area contributed by atoms with E-state index in [0.717, 1.165) is 9.87 Å². The SMILES string of the molecule is O=C1CN(c2ccc(CCn3ccnc3)cc2O)S(=O)(=O)N1.O=C1NS(=O)NC1=O. The molecule has 2 aliphatic rings. The van der Waals surface area contributed by atoms with Crippen LogP contribution in [0.3, 0.4) is 0 Å². The number of hydrogen-bond donors (Lipinski definition) is 4. The zero-order valence-corrected chi connectivity index (χ0v) is 16.8. The molecule has 30 heavy (non-hydrogen) atoms. The molecule has 13 nitrogen and oxygen atoms in total. The molecule has 2 aliphatic heterocycles. The van der Waals surface area contributed by atoms with Crippen molar-refractivity contribution in [3.8, 4) is 5.75 Å². The zero-order valence-electron chi connectivity index (χ0n) is 15.1. The second-order valence-corrected chi connectivity index (χ2v) is 8.58. The van der Waals surface area contributed by atoms with Gasteiger partial charge in [0.2, 0.25) is 11.2 Å². The fourth-order valence-corrected chi connectivity index (χ4v) is 4.30. The van der Waals surface area contributed by atoms with Crippen molar-refractivity contribution in [2.24, 2.45) is 0 Å². The third-order valence-corrected chi connectivity index (χ3v) is 6.06. The highest BCUT2D eigenvalue weighted by Crippen LogP contribution is 2.31. The summed E-state index contributed by atoms with van der Waals surface area (Å²) in [5, 5.41) is 10.1. The molecule has 15 heteroatoms. The minimum absolute atomic E-state index is 0.0877. The summed E-state index contributed by atoms with van der Waals surface area (Å²) in [5.41, 5.74) is 0.940. The van der Waals surface area contributed by atoms with Gasteiger partial charge in [0, 0.05) is 18.9 Å². The van der Waals surface area contributed by atoms with Crippen molar-refractivity contribution in [3.63, 3.8) is 0 Å². The molecule has 0 aliphatic carbocycles. The Kier molecular flexibility index (Phi) is 6.02. The van der Waals surface area contributed by atoms with E-state index in [2.05, 4.69) is 4.98 Å². The molecule has 0 unspecified atom stereocenters. The van der Waals surface area contributed by atoms with Gasteiger partial charge in [0.1, 0.15) is 12.3 Å². The molecule has 2 saturated heterocycles. The summed E-state index contributed by atoms with van der Waals surface area (Å²) >= 11 is -1.68. The van der Waals surface area contributed by atoms with Gasteiger partial charge in [-0.25, -0.2) is 27.7 Å². The molecule has 3 amide bonds. The fraction of sp³-hybridized carbons (Fsp3) is 0.200. The summed E-state index contributed by atoms with van der Waals surface area (Å²) in [7, 11) is -3.91. The van der Waals surface area contributed by atoms with Crippen LogP contribution in [0.2, 0.25) is 0 Å². The van der Waals surface area contributed by atoms with Crippen LogP contribution < -0.4 is 18.5 Å². The van der Waals surface area contributed by atoms with E-state index in [1.165, 1.54) is 12.1 Å². The van der Waals surface area contributed by atoms with Gasteiger partial charge in [0.05, 0.1) is 12.0 Å². The van der Waals surface area contributed by atoms with Gasteiger partial charge in [-0.1, -0.05) is 6.07 Å². The van der Waals surface area contributed by atoms with Gasteiger partial charge in [-0.15, -0.1) is 0 Å². The number of nitrogens with one attached hydrogen (secondary N) is 3. The standard InChI is InChI=1S/C13H14N4O4S.C2H2N2O3S/c18-12-7-10(3-5-16-6-4-14-9-16)1-2-11(12)17-8-13(19)15-22(17,20)21;5-1-2(6)4-8(7)3-1/h1-2,4,6-7,9,18H,3,5,8H2,(H,15,19);(H,3,5)(H,4,6). The summed E-state index contributed by atoms with van der Waals surface area (Å²) in [5.74, 6) is -2.49. The lowest BCUT2D eigenvalue weighted by Gasteiger charge is -2.16. The van der Waals surface area contributed by atoms with Crippen LogP contribution in [0, 0.1) is 0 Å². The maximum Gasteiger partial charge on any atom is 0.326 e. The second kappa shape index (κ2) is 8.50. The van der Waals surface area contributed by atoms with Crippen LogP contribution in [0.1, 0.15) is 5.56 Å². The third kappa shape index (κ3) is 4.93. The first-order chi connectivity index (χ1) is 14.2. The number of aromatic nitrogens is 2. The molecular weight excluding hydrogens is 440 g/mol. The maximum absolute atomic E-state index is 11.8. The molecule has 160 valence electrons. The van der Waals surface area contributed by atoms with Gasteiger partial charge in [0.25, 0.3) is 5.91 Å². The minimum atomic E-state index is -3.91. The van der Waals surface area contributed by atoms with E-state index in [-0.39, 0.29) is 18.0 Å². The number of rotatable bonds is 4. The van der Waals surface area contributed by atoms with Crippen molar-refractivity contribution in [1.29, 1.82) is 0 Å². The van der Waals surface area contributed by atoms with Gasteiger partial charge >= 0.3 is 22.0 Å². The zero-order chi connectivity index (χ0) is 21.9. The van der Waals surface area contributed by atoms with Crippen molar-refractivity contribution >= 4 is 44.8 Å². The van der Waals surface area contributed by atoms with Crippen LogP contribution in [0.15, 0.2) is 36.9 Å². The van der Waals surface area contributed by atoms with Crippen molar-refractivity contribution in [3.05, 3.63) is 42.5 Å². The van der Waals surface area contributed by atoms with Crippen molar-refractivity contribution in [2.45, 2.75) is 13.0 Å². The Labute approximate surface area is 173 Å². The summed E-state index contributed by atoms with van der Waals surface area (Å²) in [4.78, 5) is 35.3. The normalized spacial score (nSPS) is 17.7. The molecule has 2 aromatic rings. The molecule has 4 N–H and O–H groups in total. The lowest BCUT2D eigenvalue weighted by molar-refractivity contribution is -0.135. The molecule has 0 spiro atoms. The Balaban J connectivity index is 0.000000269. The van der Waals surface area contributed by atoms with Crippen molar-refractivity contribution < 1.29 is 32.1 Å². The first-order valence-corrected chi connectivity index (χ1v) is 10.9. The van der Waals surface area contributed by atoms with Gasteiger partial charge in [-0.3, -0.25) is 14.4 Å². The van der Waals surface area contributed by atoms with Crippen LogP contribution in [0.5, 0.6) is 5.75 Å². The van der Waals surface area contributed by atoms with Crippen molar-refractivity contribution in [1.82, 2.24) is 23.7 Å². The number of carbonyl (C=O) groups excluding carboxylic acids is 3. The average Bonchev–Trinajstić information content (AvgIpc) is 3.34. The van der Waals surface area contributed by atoms with Crippen LogP contribution in [-0.4, -0.2) is 51.6 Å². The molecule has 1 aromatic heterocycles. The quantitative estimate of drug-likeness (QED) is 0.375. The predicted octanol–water partition coefficient (Wildman–Crippen LogP) is -2.18. The maximum atomic E-state index is 11.8. The smallest absolute Gasteiger partial charge is 0.326 e. The molecular formula is C15H16N6O7S2. The number of amides is 3. The number of phenols is 1. The Morgan fingerprint density at radius 1 is 1.17 bits per heavy atom. The highest BCUT2D eigenvalue weighted by molar-refractivity contribution is 7.92. The third-order valence-electron chi connectivity index (χ3n) is 3.92. The lowest BCUT2D eigenvalue weighted by Crippen LogP contribution is -2.29. The molecule has 0 bridgehead atoms. The van der Waals surface area contributed by atoms with E-state index in [9.17, 15) is 32.1 Å². The van der Waals surface area contributed by atoms with Crippen LogP contribution in [0.25, 0.3) is 0 Å². The number of benzene rings is 1. The molecule has 3 heterocycles. The predicted molar refractivity (Wildman–Crippen MR) is 103 cm³/mol. The Hall–Kier alpha value is -3.46. The summed E-state index contributed by atoms with van der Waals surface area (Å²) in [6, 6.07) is 4.73. The Morgan fingerprint density at radius 3 is 2.33 bits per heavy atom. The Morgan fingerprint density at radius 2 is 1.87 bits per heavy atom. The van der Waals surface area contributed by atoms with Crippen molar-refractivity contribution in [2.75, 3.05) is 10.8 Å². The number of aromatic hydroxyl groups is 1. The molecule has 0 radical (unpaired) electrons. The number of aryl methyl sites for hydroxylation is 2. The number of imidazole rings is 1. The van der Waals surface area contributed by atoms with E-state index >= 15 is 0 Å². The van der Waals surface area contributed by atoms with Gasteiger partial charge < -0.3 is 9.67 Å². The number of nitrogens with zero attached hydrogens (tertiary/aromatic N) is 3. The lowest BCUT2D eigenvalue weighted by atomic mass is 10.1. The molecule has 0 saturated carbocycles. The van der Waals surface area contributed by atoms with E-state index in [1.807, 2.05) is 24.9 Å². The first-order valence-electron chi connectivity index (χ1n) is 8.30. The second-order valence-electron chi connectivity index (χ2n) is 6.04. The van der Waals surface area contributed by atoms with Crippen LogP contribution >= 0.6 is 0 Å². The topological polar surface area (TPSA) is 180 Å². The summed E-state index contributed by atoms with van der Waals surface area (Å²) in [6.07, 6.45) is 5.88. The summed E-state index contributed by atoms with van der Waals surface area (Å²) in [6.45, 7) is 0.366. The minimum Gasteiger partial charge on any atom is -0.506 e. The van der Waals surface area contributed by atoms with Gasteiger partial charge in [-0.2, -0.15) is 8.42 Å². The van der Waals surface area contributed by atoms with Crippen LogP contribution in [-0.2, 0) is 48.7 Å². The average molecular weight is 456 g/mol. The molecule has 0 atom stereocenters. The highest BCUT2D eigenvalue weighted by atomic mass is 32.2. The van der Waals surface area contributed by atoms with E-state index in [4.69, 9.17) is 0 Å². The van der Waals surface area contributed by atoms with E-state index in [1.54, 1.807) is 18.6 Å². The highest BCUT2D eigenvalue weighted by Gasteiger charge is 2.35. The Bertz CT molecular complexity index is 1100. The molecule has 4 rings (SSSR count). The van der Waals surface area contributed by atoms with E-state index < -0.39 is 39.1 Å². The first kappa shape index (κ1) is 21.3. The number of hydrogen-bond acceptors (Lipinski definition) is 8. The van der Waals surface area contributed by atoms with Crippen LogP contribution in [0.4, 0.5) is 5.69 Å². The molecule has 2 fully saturated rings. The van der Waals surface area contributed by atoms with Gasteiger partial charge in [-0.05, 0) is 24.1 Å². The number of phenolic OH excluding ortho intramolecular Hbond substituents is 1. The monoisotopic (exact) mass is 456 g/mol. The number of carbonyl (C=O) groups is 3. The van der Waals surface area contributed by atoms with E-state index in [0.29, 0.717) is 13.0 Å². The largest absolute Gasteiger partial charge is 0.506 e.